The number of hydrogen-bond acceptors (Lipinski definition) is 5. The van der Waals surface area contributed by atoms with E-state index in [2.05, 4.69) is 0 Å². The Morgan fingerprint density at radius 1 is 1.16 bits per heavy atom. The van der Waals surface area contributed by atoms with E-state index >= 15 is 0 Å². The van der Waals surface area contributed by atoms with Crippen LogP contribution in [0.4, 0.5) is 5.69 Å². The molecule has 0 radical (unpaired) electrons. The van der Waals surface area contributed by atoms with Gasteiger partial charge in [0.1, 0.15) is 0 Å². The van der Waals surface area contributed by atoms with Crippen molar-refractivity contribution in [2.75, 3.05) is 25.1 Å². The molecule has 7 heteroatoms. The van der Waals surface area contributed by atoms with Crippen LogP contribution in [0.25, 0.3) is 0 Å². The second kappa shape index (κ2) is 7.36. The SMILES string of the molecule is CN(CCO)c1ccc(C(CC(=O)O)B2OC(C)(C)C(C)(C)O2)cc1. The van der Waals surface area contributed by atoms with Gasteiger partial charge < -0.3 is 24.4 Å². The van der Waals surface area contributed by atoms with E-state index in [1.165, 1.54) is 0 Å². The molecule has 25 heavy (non-hydrogen) atoms. The van der Waals surface area contributed by atoms with Crippen molar-refractivity contribution < 1.29 is 24.3 Å². The van der Waals surface area contributed by atoms with E-state index in [-0.39, 0.29) is 13.0 Å². The summed E-state index contributed by atoms with van der Waals surface area (Å²) in [7, 11) is 1.29. The van der Waals surface area contributed by atoms with Crippen molar-refractivity contribution >= 4 is 18.8 Å². The molecule has 1 aliphatic heterocycles. The summed E-state index contributed by atoms with van der Waals surface area (Å²) < 4.78 is 12.1. The van der Waals surface area contributed by atoms with Crippen LogP contribution >= 0.6 is 0 Å². The molecular weight excluding hydrogens is 321 g/mol. The summed E-state index contributed by atoms with van der Waals surface area (Å²) >= 11 is 0. The highest BCUT2D eigenvalue weighted by Gasteiger charge is 2.54. The van der Waals surface area contributed by atoms with Crippen LogP contribution in [-0.4, -0.2) is 54.7 Å². The van der Waals surface area contributed by atoms with Gasteiger partial charge in [0.15, 0.2) is 0 Å². The van der Waals surface area contributed by atoms with Crippen molar-refractivity contribution in [3.63, 3.8) is 0 Å². The number of hydrogen-bond donors (Lipinski definition) is 2. The van der Waals surface area contributed by atoms with Crippen molar-refractivity contribution in [3.05, 3.63) is 29.8 Å². The number of carbonyl (C=O) groups is 1. The van der Waals surface area contributed by atoms with Crippen LogP contribution in [0.5, 0.6) is 0 Å². The Kier molecular flexibility index (Phi) is 5.81. The Labute approximate surface area is 149 Å². The quantitative estimate of drug-likeness (QED) is 0.736. The van der Waals surface area contributed by atoms with Crippen LogP contribution in [0.1, 0.15) is 45.5 Å². The van der Waals surface area contributed by atoms with Crippen molar-refractivity contribution in [1.82, 2.24) is 0 Å². The minimum Gasteiger partial charge on any atom is -0.481 e. The molecule has 2 rings (SSSR count). The number of carboxylic acids is 1. The van der Waals surface area contributed by atoms with E-state index in [9.17, 15) is 9.90 Å². The lowest BCUT2D eigenvalue weighted by atomic mass is 9.66. The van der Waals surface area contributed by atoms with Gasteiger partial charge >= 0.3 is 13.1 Å². The number of aliphatic hydroxyl groups excluding tert-OH is 1. The van der Waals surface area contributed by atoms with Crippen LogP contribution in [-0.2, 0) is 14.1 Å². The number of aliphatic carboxylic acids is 1. The van der Waals surface area contributed by atoms with E-state index in [0.717, 1.165) is 11.3 Å². The third-order valence-corrected chi connectivity index (χ3v) is 5.19. The first kappa shape index (κ1) is 19.8. The fraction of sp³-hybridized carbons (Fsp3) is 0.611. The maximum absolute atomic E-state index is 11.4. The predicted octanol–water partition coefficient (Wildman–Crippen LogP) is 2.30. The largest absolute Gasteiger partial charge is 0.481 e. The van der Waals surface area contributed by atoms with Gasteiger partial charge in [0.05, 0.1) is 24.2 Å². The van der Waals surface area contributed by atoms with Crippen molar-refractivity contribution in [2.24, 2.45) is 0 Å². The molecule has 0 amide bonds. The summed E-state index contributed by atoms with van der Waals surface area (Å²) in [5.74, 6) is -1.28. The number of likely N-dealkylation sites (N-methyl/N-ethyl adjacent to an activating group) is 1. The Morgan fingerprint density at radius 3 is 2.12 bits per heavy atom. The maximum Gasteiger partial charge on any atom is 0.466 e. The Morgan fingerprint density at radius 2 is 1.68 bits per heavy atom. The minimum atomic E-state index is -0.888. The molecule has 138 valence electrons. The zero-order valence-electron chi connectivity index (χ0n) is 15.7. The average Bonchev–Trinajstić information content (AvgIpc) is 2.73. The molecular formula is C18H28BNO5. The number of benzene rings is 1. The van der Waals surface area contributed by atoms with E-state index in [0.29, 0.717) is 6.54 Å². The number of rotatable bonds is 7. The molecule has 0 aliphatic carbocycles. The van der Waals surface area contributed by atoms with Crippen molar-refractivity contribution in [3.8, 4) is 0 Å². The second-order valence-corrected chi connectivity index (χ2v) is 7.57. The first-order chi connectivity index (χ1) is 11.6. The molecule has 2 N–H and O–H groups in total. The molecule has 1 aromatic carbocycles. The molecule has 0 aromatic heterocycles. The van der Waals surface area contributed by atoms with Crippen LogP contribution in [0.15, 0.2) is 24.3 Å². The standard InChI is InChI=1S/C18H28BNO5/c1-17(2)18(3,4)25-19(24-17)15(12-16(22)23)13-6-8-14(9-7-13)20(5)10-11-21/h6-9,15,21H,10-12H2,1-5H3,(H,22,23). The Bertz CT molecular complexity index is 586. The summed E-state index contributed by atoms with van der Waals surface area (Å²) in [6.07, 6.45) is -0.0668. The van der Waals surface area contributed by atoms with Crippen molar-refractivity contribution in [1.29, 1.82) is 0 Å². The summed E-state index contributed by atoms with van der Waals surface area (Å²) in [6, 6.07) is 7.65. The normalized spacial score (nSPS) is 19.7. The maximum atomic E-state index is 11.4. The lowest BCUT2D eigenvalue weighted by molar-refractivity contribution is -0.137. The molecule has 1 aliphatic rings. The van der Waals surface area contributed by atoms with Gasteiger partial charge in [-0.15, -0.1) is 0 Å². The third kappa shape index (κ3) is 4.34. The number of anilines is 1. The van der Waals surface area contributed by atoms with E-state index in [1.807, 2.05) is 63.9 Å². The average molecular weight is 349 g/mol. The highest BCUT2D eigenvalue weighted by molar-refractivity contribution is 6.48. The number of carboxylic acid groups (broad SMARTS) is 1. The summed E-state index contributed by atoms with van der Waals surface area (Å²) in [6.45, 7) is 8.44. The summed E-state index contributed by atoms with van der Waals surface area (Å²) in [5.41, 5.74) is 0.814. The minimum absolute atomic E-state index is 0.0668. The van der Waals surface area contributed by atoms with Gasteiger partial charge in [-0.2, -0.15) is 0 Å². The first-order valence-electron chi connectivity index (χ1n) is 8.57. The summed E-state index contributed by atoms with van der Waals surface area (Å²) in [4.78, 5) is 13.3. The highest BCUT2D eigenvalue weighted by Crippen LogP contribution is 2.41. The lowest BCUT2D eigenvalue weighted by Crippen LogP contribution is -2.41. The zero-order valence-corrected chi connectivity index (χ0v) is 15.7. The molecule has 1 aromatic rings. The fourth-order valence-electron chi connectivity index (χ4n) is 2.87. The fourth-order valence-corrected chi connectivity index (χ4v) is 2.87. The predicted molar refractivity (Wildman–Crippen MR) is 97.9 cm³/mol. The van der Waals surface area contributed by atoms with Gasteiger partial charge in [-0.1, -0.05) is 12.1 Å². The van der Waals surface area contributed by atoms with Crippen LogP contribution in [0.3, 0.4) is 0 Å². The monoisotopic (exact) mass is 349 g/mol. The Balaban J connectivity index is 2.25. The van der Waals surface area contributed by atoms with Gasteiger partial charge in [-0.25, -0.2) is 0 Å². The number of aliphatic hydroxyl groups is 1. The zero-order chi connectivity index (χ0) is 18.8. The molecule has 1 unspecified atom stereocenters. The topological polar surface area (TPSA) is 79.2 Å². The molecule has 1 atom stereocenters. The molecule has 0 spiro atoms. The van der Waals surface area contributed by atoms with Crippen LogP contribution in [0.2, 0.25) is 0 Å². The van der Waals surface area contributed by atoms with Crippen molar-refractivity contribution in [2.45, 2.75) is 51.1 Å². The number of nitrogens with zero attached hydrogens (tertiary/aromatic N) is 1. The van der Waals surface area contributed by atoms with E-state index in [4.69, 9.17) is 14.4 Å². The first-order valence-corrected chi connectivity index (χ1v) is 8.57. The molecule has 0 saturated carbocycles. The van der Waals surface area contributed by atoms with Gasteiger partial charge in [0.2, 0.25) is 0 Å². The van der Waals surface area contributed by atoms with Crippen LogP contribution < -0.4 is 4.90 Å². The summed E-state index contributed by atoms with van der Waals surface area (Å²) in [5, 5.41) is 18.4. The van der Waals surface area contributed by atoms with Gasteiger partial charge in [-0.3, -0.25) is 4.79 Å². The van der Waals surface area contributed by atoms with Gasteiger partial charge in [-0.05, 0) is 45.4 Å². The van der Waals surface area contributed by atoms with Gasteiger partial charge in [0, 0.05) is 25.1 Å². The molecule has 1 fully saturated rings. The molecule has 0 bridgehead atoms. The lowest BCUT2D eigenvalue weighted by Gasteiger charge is -2.32. The van der Waals surface area contributed by atoms with Gasteiger partial charge in [0.25, 0.3) is 0 Å². The molecule has 1 saturated heterocycles. The van der Waals surface area contributed by atoms with E-state index < -0.39 is 30.1 Å². The van der Waals surface area contributed by atoms with E-state index in [1.54, 1.807) is 0 Å². The third-order valence-electron chi connectivity index (χ3n) is 5.19. The Hall–Kier alpha value is -1.57. The molecule has 6 nitrogen and oxygen atoms in total. The molecule has 1 heterocycles. The highest BCUT2D eigenvalue weighted by atomic mass is 16.7. The second-order valence-electron chi connectivity index (χ2n) is 7.57. The smallest absolute Gasteiger partial charge is 0.466 e. The van der Waals surface area contributed by atoms with Crippen LogP contribution in [0, 0.1) is 0 Å².